The lowest BCUT2D eigenvalue weighted by Crippen LogP contribution is -2.42. The fraction of sp³-hybridized carbons (Fsp3) is 0.548. The van der Waals surface area contributed by atoms with Gasteiger partial charge in [-0.05, 0) is 73.2 Å². The van der Waals surface area contributed by atoms with Gasteiger partial charge in [0.15, 0.2) is 0 Å². The Balaban J connectivity index is 1.38. The summed E-state index contributed by atoms with van der Waals surface area (Å²) >= 11 is 13.3. The molecule has 5 nitrogen and oxygen atoms in total. The van der Waals surface area contributed by atoms with E-state index in [1.54, 1.807) is 29.0 Å². The third kappa shape index (κ3) is 7.76. The van der Waals surface area contributed by atoms with Gasteiger partial charge < -0.3 is 9.80 Å². The molecule has 10 heteroatoms. The van der Waals surface area contributed by atoms with Crippen molar-refractivity contribution >= 4 is 35.0 Å². The van der Waals surface area contributed by atoms with Crippen molar-refractivity contribution in [2.75, 3.05) is 46.4 Å². The van der Waals surface area contributed by atoms with Gasteiger partial charge in [-0.2, -0.15) is 0 Å². The Hall–Kier alpha value is -2.29. The molecule has 1 heterocycles. The Labute approximate surface area is 250 Å². The van der Waals surface area contributed by atoms with Gasteiger partial charge in [0, 0.05) is 73.6 Å². The minimum Gasteiger partial charge on any atom is -0.340 e. The number of nitrogens with zero attached hydrogens (tertiary/aromatic N) is 3. The van der Waals surface area contributed by atoms with Gasteiger partial charge in [-0.15, -0.1) is 0 Å². The number of carbonyl (C=O) groups is 2. The van der Waals surface area contributed by atoms with Gasteiger partial charge >= 0.3 is 0 Å². The predicted octanol–water partition coefficient (Wildman–Crippen LogP) is 6.99. The molecule has 2 aromatic carbocycles. The van der Waals surface area contributed by atoms with Crippen LogP contribution in [0.25, 0.3) is 11.1 Å². The van der Waals surface area contributed by atoms with Gasteiger partial charge in [0.25, 0.3) is 5.91 Å². The molecule has 41 heavy (non-hydrogen) atoms. The SMILES string of the molecule is CCN(CCF)CCN(C)C(=O)c1ccc(-c2cc(Cl)c(C[C@@H]3CCN(C4CCC(F)(F)CC4)C3=O)c(Cl)c2)cc1. The summed E-state index contributed by atoms with van der Waals surface area (Å²) in [5.74, 6) is -3.02. The largest absolute Gasteiger partial charge is 0.340 e. The van der Waals surface area contributed by atoms with Gasteiger partial charge in [-0.25, -0.2) is 13.2 Å². The van der Waals surface area contributed by atoms with Gasteiger partial charge in [0.1, 0.15) is 6.67 Å². The first-order chi connectivity index (χ1) is 19.5. The summed E-state index contributed by atoms with van der Waals surface area (Å²) in [7, 11) is 1.74. The highest BCUT2D eigenvalue weighted by molar-refractivity contribution is 6.36. The molecule has 224 valence electrons. The molecule has 2 amide bonds. The van der Waals surface area contributed by atoms with E-state index in [-0.39, 0.29) is 36.6 Å². The number of likely N-dealkylation sites (tertiary alicyclic amines) is 1. The maximum absolute atomic E-state index is 13.6. The van der Waals surface area contributed by atoms with E-state index in [1.807, 2.05) is 36.1 Å². The van der Waals surface area contributed by atoms with E-state index < -0.39 is 12.6 Å². The number of alkyl halides is 3. The Morgan fingerprint density at radius 2 is 1.63 bits per heavy atom. The first kappa shape index (κ1) is 31.6. The topological polar surface area (TPSA) is 43.9 Å². The van der Waals surface area contributed by atoms with Crippen molar-refractivity contribution in [2.24, 2.45) is 5.92 Å². The zero-order chi connectivity index (χ0) is 29.7. The second-order valence-corrected chi connectivity index (χ2v) is 12.0. The van der Waals surface area contributed by atoms with E-state index in [0.29, 0.717) is 73.0 Å². The highest BCUT2D eigenvalue weighted by atomic mass is 35.5. The molecule has 2 aromatic rings. The molecular formula is C31H38Cl2F3N3O2. The Morgan fingerprint density at radius 3 is 2.22 bits per heavy atom. The minimum absolute atomic E-state index is 0.00790. The lowest BCUT2D eigenvalue weighted by molar-refractivity contribution is -0.135. The lowest BCUT2D eigenvalue weighted by atomic mass is 9.91. The van der Waals surface area contributed by atoms with Crippen molar-refractivity contribution in [3.63, 3.8) is 0 Å². The number of halogens is 5. The minimum atomic E-state index is -2.62. The zero-order valence-corrected chi connectivity index (χ0v) is 25.2. The van der Waals surface area contributed by atoms with E-state index in [9.17, 15) is 22.8 Å². The van der Waals surface area contributed by atoms with Gasteiger partial charge in [0.2, 0.25) is 11.8 Å². The van der Waals surface area contributed by atoms with Crippen molar-refractivity contribution in [1.29, 1.82) is 0 Å². The van der Waals surface area contributed by atoms with Crippen LogP contribution in [0, 0.1) is 5.92 Å². The molecule has 1 saturated heterocycles. The van der Waals surface area contributed by atoms with E-state index in [0.717, 1.165) is 17.7 Å². The molecular weight excluding hydrogens is 574 g/mol. The summed E-state index contributed by atoms with van der Waals surface area (Å²) in [5.41, 5.74) is 2.89. The monoisotopic (exact) mass is 611 g/mol. The van der Waals surface area contributed by atoms with E-state index >= 15 is 0 Å². The average molecular weight is 613 g/mol. The van der Waals surface area contributed by atoms with Gasteiger partial charge in [-0.3, -0.25) is 14.5 Å². The van der Waals surface area contributed by atoms with Crippen LogP contribution in [0.4, 0.5) is 13.2 Å². The summed E-state index contributed by atoms with van der Waals surface area (Å²) in [5, 5.41) is 0.925. The molecule has 4 rings (SSSR count). The number of hydrogen-bond acceptors (Lipinski definition) is 3. The number of amides is 2. The van der Waals surface area contributed by atoms with E-state index in [2.05, 4.69) is 0 Å². The van der Waals surface area contributed by atoms with Crippen LogP contribution in [-0.2, 0) is 11.2 Å². The molecule has 0 spiro atoms. The van der Waals surface area contributed by atoms with E-state index in [4.69, 9.17) is 23.2 Å². The first-order valence-electron chi connectivity index (χ1n) is 14.3. The molecule has 1 aliphatic heterocycles. The fourth-order valence-electron chi connectivity index (χ4n) is 5.83. The van der Waals surface area contributed by atoms with Crippen molar-refractivity contribution in [1.82, 2.24) is 14.7 Å². The first-order valence-corrected chi connectivity index (χ1v) is 15.1. The standard InChI is InChI=1S/C31H38Cl2F3N3O2/c1-3-38(15-13-34)17-16-37(2)29(40)22-6-4-21(5-7-22)24-19-27(32)26(28(33)20-24)18-23-10-14-39(30(23)41)25-8-11-31(35,36)12-9-25/h4-7,19-20,23,25H,3,8-18H2,1-2H3/t23-/m0/s1. The summed E-state index contributed by atoms with van der Waals surface area (Å²) in [4.78, 5) is 31.4. The maximum atomic E-state index is 13.6. The van der Waals surface area contributed by atoms with Crippen molar-refractivity contribution < 1.29 is 22.8 Å². The summed E-state index contributed by atoms with van der Waals surface area (Å²) in [6, 6.07) is 10.7. The van der Waals surface area contributed by atoms with Crippen molar-refractivity contribution in [2.45, 2.75) is 57.4 Å². The number of benzene rings is 2. The van der Waals surface area contributed by atoms with Crippen LogP contribution < -0.4 is 0 Å². The fourth-order valence-corrected chi connectivity index (χ4v) is 6.47. The number of likely N-dealkylation sites (N-methyl/N-ethyl adjacent to an activating group) is 2. The molecule has 2 fully saturated rings. The molecule has 0 radical (unpaired) electrons. The Morgan fingerprint density at radius 1 is 1.00 bits per heavy atom. The second kappa shape index (κ2) is 13.8. The summed E-state index contributed by atoms with van der Waals surface area (Å²) < 4.78 is 39.8. The van der Waals surface area contributed by atoms with Gasteiger partial charge in [-0.1, -0.05) is 42.3 Å². The summed E-state index contributed by atoms with van der Waals surface area (Å²) in [6.45, 7) is 4.32. The third-order valence-electron chi connectivity index (χ3n) is 8.48. The molecule has 0 N–H and O–H groups in total. The van der Waals surface area contributed by atoms with Crippen LogP contribution in [0.3, 0.4) is 0 Å². The lowest BCUT2D eigenvalue weighted by Gasteiger charge is -2.34. The Kier molecular flexibility index (Phi) is 10.6. The van der Waals surface area contributed by atoms with Crippen LogP contribution in [0.15, 0.2) is 36.4 Å². The second-order valence-electron chi connectivity index (χ2n) is 11.2. The van der Waals surface area contributed by atoms with Crippen molar-refractivity contribution in [3.05, 3.63) is 57.6 Å². The molecule has 2 aliphatic rings. The smallest absolute Gasteiger partial charge is 0.253 e. The predicted molar refractivity (Wildman–Crippen MR) is 158 cm³/mol. The molecule has 0 aromatic heterocycles. The third-order valence-corrected chi connectivity index (χ3v) is 9.16. The quantitative estimate of drug-likeness (QED) is 0.275. The number of carbonyl (C=O) groups excluding carboxylic acids is 2. The summed E-state index contributed by atoms with van der Waals surface area (Å²) in [6.07, 6.45) is 1.38. The van der Waals surface area contributed by atoms with Crippen LogP contribution in [0.5, 0.6) is 0 Å². The molecule has 0 unspecified atom stereocenters. The van der Waals surface area contributed by atoms with Crippen LogP contribution in [0.2, 0.25) is 10.0 Å². The maximum Gasteiger partial charge on any atom is 0.253 e. The van der Waals surface area contributed by atoms with Crippen LogP contribution in [0.1, 0.15) is 54.9 Å². The van der Waals surface area contributed by atoms with E-state index in [1.165, 1.54) is 0 Å². The van der Waals surface area contributed by atoms with Crippen molar-refractivity contribution in [3.8, 4) is 11.1 Å². The van der Waals surface area contributed by atoms with Crippen LogP contribution >= 0.6 is 23.2 Å². The molecule has 1 saturated carbocycles. The Bertz CT molecular complexity index is 1190. The average Bonchev–Trinajstić information content (AvgIpc) is 3.31. The number of rotatable bonds is 11. The van der Waals surface area contributed by atoms with Crippen LogP contribution in [-0.4, -0.2) is 84.9 Å². The highest BCUT2D eigenvalue weighted by Gasteiger charge is 2.42. The zero-order valence-electron chi connectivity index (χ0n) is 23.7. The molecule has 1 atom stereocenters. The van der Waals surface area contributed by atoms with Gasteiger partial charge in [0.05, 0.1) is 0 Å². The molecule has 0 bridgehead atoms. The molecule has 1 aliphatic carbocycles. The highest BCUT2D eigenvalue weighted by Crippen LogP contribution is 2.39. The normalized spacial score (nSPS) is 19.3. The number of hydrogen-bond donors (Lipinski definition) is 0.